The zero-order chi connectivity index (χ0) is 13.8. The van der Waals surface area contributed by atoms with Gasteiger partial charge in [0.1, 0.15) is 6.10 Å². The summed E-state index contributed by atoms with van der Waals surface area (Å²) < 4.78 is 5.46. The Balaban J connectivity index is 1.97. The summed E-state index contributed by atoms with van der Waals surface area (Å²) in [7, 11) is 1.93. The van der Waals surface area contributed by atoms with Crippen molar-refractivity contribution in [2.45, 2.75) is 32.4 Å². The predicted octanol–water partition coefficient (Wildman–Crippen LogP) is 2.33. The summed E-state index contributed by atoms with van der Waals surface area (Å²) in [5, 5.41) is 6.10. The predicted molar refractivity (Wildman–Crippen MR) is 76.1 cm³/mol. The molecule has 1 saturated heterocycles. The van der Waals surface area contributed by atoms with E-state index < -0.39 is 0 Å². The first-order chi connectivity index (χ1) is 9.11. The number of ether oxygens (including phenoxy) is 1. The first-order valence-electron chi connectivity index (χ1n) is 6.81. The largest absolute Gasteiger partial charge is 0.368 e. The number of rotatable bonds is 4. The molecule has 1 fully saturated rings. The van der Waals surface area contributed by atoms with Crippen LogP contribution in [0.2, 0.25) is 0 Å². The molecule has 1 aromatic rings. The van der Waals surface area contributed by atoms with Crippen LogP contribution in [0.15, 0.2) is 24.3 Å². The quantitative estimate of drug-likeness (QED) is 0.875. The molecule has 1 aliphatic rings. The van der Waals surface area contributed by atoms with Crippen LogP contribution in [0.4, 0.5) is 5.69 Å². The lowest BCUT2D eigenvalue weighted by Gasteiger charge is -2.15. The molecule has 4 nitrogen and oxygen atoms in total. The fourth-order valence-electron chi connectivity index (χ4n) is 2.27. The third-order valence-corrected chi connectivity index (χ3v) is 3.76. The number of anilines is 1. The zero-order valence-corrected chi connectivity index (χ0v) is 11.8. The van der Waals surface area contributed by atoms with Gasteiger partial charge in [0.2, 0.25) is 0 Å². The number of carbonyl (C=O) groups excluding carboxylic acids is 1. The average molecular weight is 262 g/mol. The molecule has 0 saturated carbocycles. The molecule has 2 rings (SSSR count). The lowest BCUT2D eigenvalue weighted by Crippen LogP contribution is -2.31. The van der Waals surface area contributed by atoms with Gasteiger partial charge in [-0.1, -0.05) is 19.1 Å². The molecule has 0 aromatic heterocycles. The van der Waals surface area contributed by atoms with Gasteiger partial charge in [0.25, 0.3) is 5.91 Å². The lowest BCUT2D eigenvalue weighted by molar-refractivity contribution is -0.126. The van der Waals surface area contributed by atoms with Gasteiger partial charge in [-0.05, 0) is 44.0 Å². The first-order valence-corrected chi connectivity index (χ1v) is 6.81. The van der Waals surface area contributed by atoms with Crippen LogP contribution in [0.3, 0.4) is 0 Å². The third-order valence-electron chi connectivity index (χ3n) is 3.76. The normalized spacial score (nSPS) is 24.2. The second kappa shape index (κ2) is 6.17. The monoisotopic (exact) mass is 262 g/mol. The summed E-state index contributed by atoms with van der Waals surface area (Å²) in [4.78, 5) is 12.1. The van der Waals surface area contributed by atoms with Crippen molar-refractivity contribution in [2.24, 2.45) is 5.92 Å². The maximum Gasteiger partial charge on any atom is 0.253 e. The highest BCUT2D eigenvalue weighted by molar-refractivity contribution is 5.94. The number of nitrogens with one attached hydrogen (secondary N) is 2. The Morgan fingerprint density at radius 3 is 2.58 bits per heavy atom. The minimum absolute atomic E-state index is 0.0422. The molecule has 3 unspecified atom stereocenters. The van der Waals surface area contributed by atoms with Crippen molar-refractivity contribution in [2.75, 3.05) is 19.0 Å². The molecular weight excluding hydrogens is 240 g/mol. The third kappa shape index (κ3) is 3.33. The van der Waals surface area contributed by atoms with Crippen LogP contribution in [0.5, 0.6) is 0 Å². The average Bonchev–Trinajstić information content (AvgIpc) is 2.85. The van der Waals surface area contributed by atoms with E-state index in [0.29, 0.717) is 18.6 Å². The minimum Gasteiger partial charge on any atom is -0.368 e. The molecule has 1 aromatic carbocycles. The van der Waals surface area contributed by atoms with Gasteiger partial charge < -0.3 is 15.4 Å². The number of hydrogen-bond acceptors (Lipinski definition) is 3. The molecular formula is C15H22N2O2. The Bertz CT molecular complexity index is 430. The van der Waals surface area contributed by atoms with Crippen LogP contribution >= 0.6 is 0 Å². The van der Waals surface area contributed by atoms with Crippen molar-refractivity contribution < 1.29 is 9.53 Å². The van der Waals surface area contributed by atoms with Gasteiger partial charge in [0.15, 0.2) is 0 Å². The Hall–Kier alpha value is -1.39. The molecule has 104 valence electrons. The maximum absolute atomic E-state index is 12.1. The molecule has 1 heterocycles. The van der Waals surface area contributed by atoms with Gasteiger partial charge in [-0.2, -0.15) is 0 Å². The minimum atomic E-state index is -0.309. The van der Waals surface area contributed by atoms with Gasteiger partial charge in [-0.3, -0.25) is 4.79 Å². The number of hydrogen-bond donors (Lipinski definition) is 2. The van der Waals surface area contributed by atoms with Crippen molar-refractivity contribution in [3.8, 4) is 0 Å². The highest BCUT2D eigenvalue weighted by Gasteiger charge is 2.30. The molecule has 0 spiro atoms. The lowest BCUT2D eigenvalue weighted by atomic mass is 10.0. The van der Waals surface area contributed by atoms with Gasteiger partial charge in [0.05, 0.1) is 0 Å². The van der Waals surface area contributed by atoms with E-state index in [1.165, 1.54) is 5.56 Å². The van der Waals surface area contributed by atoms with Gasteiger partial charge in [-0.15, -0.1) is 0 Å². The van der Waals surface area contributed by atoms with E-state index in [4.69, 9.17) is 4.74 Å². The van der Waals surface area contributed by atoms with Gasteiger partial charge >= 0.3 is 0 Å². The van der Waals surface area contributed by atoms with Gasteiger partial charge in [0, 0.05) is 18.3 Å². The summed E-state index contributed by atoms with van der Waals surface area (Å²) >= 11 is 0. The molecule has 4 heteroatoms. The summed E-state index contributed by atoms with van der Waals surface area (Å²) in [6, 6.07) is 8.22. The van der Waals surface area contributed by atoms with E-state index in [2.05, 4.69) is 24.5 Å². The molecule has 3 atom stereocenters. The Morgan fingerprint density at radius 2 is 2.05 bits per heavy atom. The standard InChI is InChI=1S/C15H22N2O2/c1-10-8-9-19-14(10)15(18)17-13-6-4-12(5-7-13)11(2)16-3/h4-7,10-11,14,16H,8-9H2,1-3H3,(H,17,18). The van der Waals surface area contributed by atoms with E-state index in [1.54, 1.807) is 0 Å². The Morgan fingerprint density at radius 1 is 1.37 bits per heavy atom. The molecule has 0 bridgehead atoms. The van der Waals surface area contributed by atoms with E-state index in [9.17, 15) is 4.79 Å². The summed E-state index contributed by atoms with van der Waals surface area (Å²) in [5.41, 5.74) is 2.02. The van der Waals surface area contributed by atoms with Crippen LogP contribution in [-0.2, 0) is 9.53 Å². The summed E-state index contributed by atoms with van der Waals surface area (Å²) in [6.45, 7) is 4.83. The molecule has 19 heavy (non-hydrogen) atoms. The maximum atomic E-state index is 12.1. The van der Waals surface area contributed by atoms with E-state index in [0.717, 1.165) is 12.1 Å². The summed E-state index contributed by atoms with van der Waals surface area (Å²) in [5.74, 6) is 0.253. The van der Waals surface area contributed by atoms with Gasteiger partial charge in [-0.25, -0.2) is 0 Å². The topological polar surface area (TPSA) is 50.4 Å². The number of amides is 1. The van der Waals surface area contributed by atoms with Crippen LogP contribution in [0.1, 0.15) is 31.9 Å². The number of benzene rings is 1. The SMILES string of the molecule is CNC(C)c1ccc(NC(=O)C2OCCC2C)cc1. The molecule has 1 amide bonds. The fraction of sp³-hybridized carbons (Fsp3) is 0.533. The fourth-order valence-corrected chi connectivity index (χ4v) is 2.27. The Kier molecular flexibility index (Phi) is 4.56. The second-order valence-electron chi connectivity index (χ2n) is 5.18. The van der Waals surface area contributed by atoms with E-state index >= 15 is 0 Å². The molecule has 2 N–H and O–H groups in total. The van der Waals surface area contributed by atoms with E-state index in [1.807, 2.05) is 31.3 Å². The van der Waals surface area contributed by atoms with Crippen LogP contribution < -0.4 is 10.6 Å². The highest BCUT2D eigenvalue weighted by Crippen LogP contribution is 2.22. The van der Waals surface area contributed by atoms with Crippen molar-refractivity contribution in [1.82, 2.24) is 5.32 Å². The smallest absolute Gasteiger partial charge is 0.253 e. The Labute approximate surface area is 114 Å². The van der Waals surface area contributed by atoms with Crippen molar-refractivity contribution in [1.29, 1.82) is 0 Å². The second-order valence-corrected chi connectivity index (χ2v) is 5.18. The van der Waals surface area contributed by atoms with Crippen LogP contribution in [0.25, 0.3) is 0 Å². The van der Waals surface area contributed by atoms with Crippen molar-refractivity contribution >= 4 is 11.6 Å². The summed E-state index contributed by atoms with van der Waals surface area (Å²) in [6.07, 6.45) is 0.646. The number of carbonyl (C=O) groups is 1. The molecule has 0 radical (unpaired) electrons. The van der Waals surface area contributed by atoms with Crippen molar-refractivity contribution in [3.05, 3.63) is 29.8 Å². The molecule has 0 aliphatic carbocycles. The molecule has 1 aliphatic heterocycles. The first kappa shape index (κ1) is 14.0. The van der Waals surface area contributed by atoms with Crippen LogP contribution in [0, 0.1) is 5.92 Å². The highest BCUT2D eigenvalue weighted by atomic mass is 16.5. The zero-order valence-electron chi connectivity index (χ0n) is 11.8. The van der Waals surface area contributed by atoms with Crippen molar-refractivity contribution in [3.63, 3.8) is 0 Å². The van der Waals surface area contributed by atoms with E-state index in [-0.39, 0.29) is 12.0 Å². The van der Waals surface area contributed by atoms with Crippen LogP contribution in [-0.4, -0.2) is 25.7 Å².